The van der Waals surface area contributed by atoms with Crippen LogP contribution in [0.4, 0.5) is 18.9 Å². The molecule has 0 heterocycles. The summed E-state index contributed by atoms with van der Waals surface area (Å²) in [5.41, 5.74) is 0.905. The highest BCUT2D eigenvalue weighted by Crippen LogP contribution is 2.26. The number of amides is 1. The zero-order chi connectivity index (χ0) is 19.3. The molecule has 0 aliphatic rings. The van der Waals surface area contributed by atoms with Crippen LogP contribution in [0.15, 0.2) is 42.5 Å². The lowest BCUT2D eigenvalue weighted by Gasteiger charge is -2.12. The molecule has 0 saturated heterocycles. The second-order valence-electron chi connectivity index (χ2n) is 5.37. The Morgan fingerprint density at radius 1 is 1.12 bits per heavy atom. The number of carbonyl (C=O) groups is 2. The Kier molecular flexibility index (Phi) is 6.26. The summed E-state index contributed by atoms with van der Waals surface area (Å²) in [4.78, 5) is 24.2. The first kappa shape index (κ1) is 19.8. The van der Waals surface area contributed by atoms with Gasteiger partial charge < -0.3 is 10.1 Å². The summed E-state index contributed by atoms with van der Waals surface area (Å²) in [5.74, 6) is -1.00. The number of alkyl halides is 3. The molecule has 8 heteroatoms. The van der Waals surface area contributed by atoms with Crippen molar-refractivity contribution in [1.29, 1.82) is 0 Å². The highest BCUT2D eigenvalue weighted by atomic mass is 35.5. The molecule has 0 radical (unpaired) electrons. The predicted molar refractivity (Wildman–Crippen MR) is 91.5 cm³/mol. The standard InChI is InChI=1S/C18H15ClF3NO3/c1-2-13(24)10-11-4-3-5-15(19)16(11)17(25)23-12-6-8-14(9-7-12)26-18(20,21)22/h3-9H,2,10H2,1H3,(H,23,25). The number of halogens is 4. The summed E-state index contributed by atoms with van der Waals surface area (Å²) in [5, 5.41) is 2.73. The van der Waals surface area contributed by atoms with Crippen molar-refractivity contribution in [3.8, 4) is 5.75 Å². The van der Waals surface area contributed by atoms with E-state index >= 15 is 0 Å². The van der Waals surface area contributed by atoms with Gasteiger partial charge in [-0.05, 0) is 35.9 Å². The highest BCUT2D eigenvalue weighted by molar-refractivity contribution is 6.34. The monoisotopic (exact) mass is 385 g/mol. The van der Waals surface area contributed by atoms with Gasteiger partial charge in [0.15, 0.2) is 0 Å². The van der Waals surface area contributed by atoms with Crippen molar-refractivity contribution in [2.24, 2.45) is 0 Å². The fourth-order valence-electron chi connectivity index (χ4n) is 2.24. The summed E-state index contributed by atoms with van der Waals surface area (Å²) < 4.78 is 40.3. The SMILES string of the molecule is CCC(=O)Cc1cccc(Cl)c1C(=O)Nc1ccc(OC(F)(F)F)cc1. The van der Waals surface area contributed by atoms with E-state index < -0.39 is 18.0 Å². The van der Waals surface area contributed by atoms with Gasteiger partial charge in [-0.15, -0.1) is 13.2 Å². The summed E-state index contributed by atoms with van der Waals surface area (Å²) in [6.07, 6.45) is -4.39. The number of ether oxygens (including phenoxy) is 1. The Morgan fingerprint density at radius 2 is 1.77 bits per heavy atom. The van der Waals surface area contributed by atoms with Gasteiger partial charge in [-0.25, -0.2) is 0 Å². The number of nitrogens with one attached hydrogen (secondary N) is 1. The van der Waals surface area contributed by atoms with Gasteiger partial charge in [0.2, 0.25) is 0 Å². The molecule has 0 fully saturated rings. The molecule has 0 aliphatic carbocycles. The van der Waals surface area contributed by atoms with Gasteiger partial charge in [0.1, 0.15) is 11.5 Å². The Morgan fingerprint density at radius 3 is 2.35 bits per heavy atom. The van der Waals surface area contributed by atoms with E-state index in [9.17, 15) is 22.8 Å². The van der Waals surface area contributed by atoms with Crippen LogP contribution in [0.1, 0.15) is 29.3 Å². The molecule has 1 amide bonds. The second-order valence-corrected chi connectivity index (χ2v) is 5.78. The molecular formula is C18H15ClF3NO3. The van der Waals surface area contributed by atoms with Crippen molar-refractivity contribution < 1.29 is 27.5 Å². The molecule has 0 saturated carbocycles. The Hall–Kier alpha value is -2.54. The van der Waals surface area contributed by atoms with Crippen molar-refractivity contribution in [1.82, 2.24) is 0 Å². The lowest BCUT2D eigenvalue weighted by Crippen LogP contribution is -2.18. The Labute approximate surface area is 152 Å². The molecule has 4 nitrogen and oxygen atoms in total. The van der Waals surface area contributed by atoms with Gasteiger partial charge in [-0.1, -0.05) is 30.7 Å². The van der Waals surface area contributed by atoms with Gasteiger partial charge in [0, 0.05) is 18.5 Å². The van der Waals surface area contributed by atoms with Crippen molar-refractivity contribution in [3.63, 3.8) is 0 Å². The molecule has 2 rings (SSSR count). The van der Waals surface area contributed by atoms with Crippen LogP contribution in [0.2, 0.25) is 5.02 Å². The maximum absolute atomic E-state index is 12.5. The number of benzene rings is 2. The fourth-order valence-corrected chi connectivity index (χ4v) is 2.52. The van der Waals surface area contributed by atoms with Crippen molar-refractivity contribution in [3.05, 3.63) is 58.6 Å². The first-order valence-electron chi connectivity index (χ1n) is 7.66. The van der Waals surface area contributed by atoms with E-state index in [0.717, 1.165) is 12.1 Å². The topological polar surface area (TPSA) is 55.4 Å². The van der Waals surface area contributed by atoms with E-state index in [0.29, 0.717) is 12.0 Å². The Balaban J connectivity index is 2.18. The molecule has 2 aromatic carbocycles. The molecule has 2 aromatic rings. The molecule has 138 valence electrons. The Bertz CT molecular complexity index is 804. The average molecular weight is 386 g/mol. The molecule has 0 aromatic heterocycles. The van der Waals surface area contributed by atoms with Gasteiger partial charge in [0.05, 0.1) is 10.6 Å². The third-order valence-electron chi connectivity index (χ3n) is 3.45. The quantitative estimate of drug-likeness (QED) is 0.760. The summed E-state index contributed by atoms with van der Waals surface area (Å²) >= 11 is 6.10. The van der Waals surface area contributed by atoms with E-state index in [2.05, 4.69) is 10.1 Å². The predicted octanol–water partition coefficient (Wildman–Crippen LogP) is 5.01. The number of ketones is 1. The molecule has 1 N–H and O–H groups in total. The molecule has 0 spiro atoms. The van der Waals surface area contributed by atoms with Crippen molar-refractivity contribution in [2.75, 3.05) is 5.32 Å². The van der Waals surface area contributed by atoms with Crippen LogP contribution in [-0.2, 0) is 11.2 Å². The average Bonchev–Trinajstić information content (AvgIpc) is 2.55. The third-order valence-corrected chi connectivity index (χ3v) is 3.77. The molecular weight excluding hydrogens is 371 g/mol. The number of anilines is 1. The number of rotatable bonds is 6. The summed E-state index contributed by atoms with van der Waals surface area (Å²) in [6.45, 7) is 1.72. The molecule has 0 atom stereocenters. The van der Waals surface area contributed by atoms with Crippen LogP contribution in [0.25, 0.3) is 0 Å². The molecule has 26 heavy (non-hydrogen) atoms. The minimum Gasteiger partial charge on any atom is -0.406 e. The molecule has 0 unspecified atom stereocenters. The molecule has 0 aliphatic heterocycles. The van der Waals surface area contributed by atoms with E-state index in [-0.39, 0.29) is 28.5 Å². The third kappa shape index (κ3) is 5.49. The zero-order valence-electron chi connectivity index (χ0n) is 13.7. The lowest BCUT2D eigenvalue weighted by atomic mass is 10.0. The van der Waals surface area contributed by atoms with E-state index in [1.165, 1.54) is 18.2 Å². The maximum atomic E-state index is 12.5. The van der Waals surface area contributed by atoms with E-state index in [4.69, 9.17) is 11.6 Å². The van der Waals surface area contributed by atoms with Gasteiger partial charge in [0.25, 0.3) is 5.91 Å². The first-order valence-corrected chi connectivity index (χ1v) is 8.03. The van der Waals surface area contributed by atoms with Crippen LogP contribution < -0.4 is 10.1 Å². The summed E-state index contributed by atoms with van der Waals surface area (Å²) in [7, 11) is 0. The first-order chi connectivity index (χ1) is 12.2. The van der Waals surface area contributed by atoms with Gasteiger partial charge in [-0.2, -0.15) is 0 Å². The fraction of sp³-hybridized carbons (Fsp3) is 0.222. The normalized spacial score (nSPS) is 11.1. The van der Waals surface area contributed by atoms with Gasteiger partial charge in [-0.3, -0.25) is 9.59 Å². The van der Waals surface area contributed by atoms with Crippen molar-refractivity contribution >= 4 is 29.0 Å². The zero-order valence-corrected chi connectivity index (χ0v) is 14.4. The van der Waals surface area contributed by atoms with E-state index in [1.54, 1.807) is 19.1 Å². The highest BCUT2D eigenvalue weighted by Gasteiger charge is 2.31. The number of Topliss-reactive ketones (excluding diaryl/α,β-unsaturated/α-hetero) is 1. The maximum Gasteiger partial charge on any atom is 0.573 e. The number of carbonyl (C=O) groups excluding carboxylic acids is 2. The number of hydrogen-bond donors (Lipinski definition) is 1. The van der Waals surface area contributed by atoms with Crippen LogP contribution in [0.3, 0.4) is 0 Å². The minimum atomic E-state index is -4.79. The number of hydrogen-bond acceptors (Lipinski definition) is 3. The van der Waals surface area contributed by atoms with Gasteiger partial charge >= 0.3 is 6.36 Å². The van der Waals surface area contributed by atoms with Crippen LogP contribution in [0.5, 0.6) is 5.75 Å². The largest absolute Gasteiger partial charge is 0.573 e. The van der Waals surface area contributed by atoms with Crippen LogP contribution >= 0.6 is 11.6 Å². The second kappa shape index (κ2) is 8.23. The van der Waals surface area contributed by atoms with Crippen molar-refractivity contribution in [2.45, 2.75) is 26.1 Å². The van der Waals surface area contributed by atoms with E-state index in [1.807, 2.05) is 0 Å². The molecule has 0 bridgehead atoms. The smallest absolute Gasteiger partial charge is 0.406 e. The van der Waals surface area contributed by atoms with Crippen LogP contribution in [-0.4, -0.2) is 18.1 Å². The summed E-state index contributed by atoms with van der Waals surface area (Å²) in [6, 6.07) is 9.50. The minimum absolute atomic E-state index is 0.0463. The van der Waals surface area contributed by atoms with Crippen LogP contribution in [0, 0.1) is 0 Å². The lowest BCUT2D eigenvalue weighted by molar-refractivity contribution is -0.274.